The predicted octanol–water partition coefficient (Wildman–Crippen LogP) is 4.52. The van der Waals surface area contributed by atoms with E-state index in [0.717, 1.165) is 16.8 Å². The smallest absolute Gasteiger partial charge is 0.230 e. The molecule has 2 aromatic carbocycles. The number of hydrogen-bond donors (Lipinski definition) is 2. The van der Waals surface area contributed by atoms with Crippen molar-refractivity contribution in [1.29, 1.82) is 0 Å². The molecular formula is C18H14ClN3OS2. The summed E-state index contributed by atoms with van der Waals surface area (Å²) in [5, 5.41) is 9.04. The molecule has 3 aromatic rings. The van der Waals surface area contributed by atoms with Crippen LogP contribution in [0.2, 0.25) is 5.02 Å². The van der Waals surface area contributed by atoms with Crippen molar-refractivity contribution in [2.75, 3.05) is 5.32 Å². The Morgan fingerprint density at radius 1 is 1.12 bits per heavy atom. The number of rotatable bonds is 4. The van der Waals surface area contributed by atoms with Crippen LogP contribution < -0.4 is 10.6 Å². The highest BCUT2D eigenvalue weighted by Gasteiger charge is 2.09. The molecule has 0 aliphatic rings. The molecule has 0 bridgehead atoms. The highest BCUT2D eigenvalue weighted by atomic mass is 35.5. The van der Waals surface area contributed by atoms with E-state index in [1.165, 1.54) is 11.3 Å². The van der Waals surface area contributed by atoms with Crippen molar-refractivity contribution in [1.82, 2.24) is 10.3 Å². The third-order valence-electron chi connectivity index (χ3n) is 3.33. The third-order valence-corrected chi connectivity index (χ3v) is 4.54. The van der Waals surface area contributed by atoms with Gasteiger partial charge in [-0.15, -0.1) is 11.3 Å². The Hall–Kier alpha value is -2.28. The summed E-state index contributed by atoms with van der Waals surface area (Å²) < 4.78 is 0. The van der Waals surface area contributed by atoms with Crippen LogP contribution in [0.1, 0.15) is 5.56 Å². The number of benzene rings is 2. The van der Waals surface area contributed by atoms with Gasteiger partial charge in [0.05, 0.1) is 12.1 Å². The summed E-state index contributed by atoms with van der Waals surface area (Å²) >= 11 is 12.4. The molecule has 0 radical (unpaired) electrons. The van der Waals surface area contributed by atoms with E-state index in [0.29, 0.717) is 10.2 Å². The molecule has 0 saturated heterocycles. The molecule has 0 unspecified atom stereocenters. The Bertz CT molecular complexity index is 879. The van der Waals surface area contributed by atoms with E-state index >= 15 is 0 Å². The van der Waals surface area contributed by atoms with E-state index in [1.54, 1.807) is 12.1 Å². The molecule has 3 rings (SSSR count). The Labute approximate surface area is 159 Å². The van der Waals surface area contributed by atoms with Gasteiger partial charge in [-0.1, -0.05) is 54.1 Å². The van der Waals surface area contributed by atoms with Gasteiger partial charge in [0.2, 0.25) is 5.91 Å². The van der Waals surface area contributed by atoms with Crippen LogP contribution in [-0.2, 0) is 11.2 Å². The Kier molecular flexibility index (Phi) is 5.75. The average molecular weight is 388 g/mol. The average Bonchev–Trinajstić information content (AvgIpc) is 3.06. The quantitative estimate of drug-likeness (QED) is 0.646. The van der Waals surface area contributed by atoms with Crippen LogP contribution in [0.5, 0.6) is 0 Å². The highest BCUT2D eigenvalue weighted by Crippen LogP contribution is 2.24. The monoisotopic (exact) mass is 387 g/mol. The van der Waals surface area contributed by atoms with Crippen LogP contribution in [0, 0.1) is 0 Å². The third kappa shape index (κ3) is 5.09. The molecule has 0 saturated carbocycles. The minimum Gasteiger partial charge on any atom is -0.308 e. The van der Waals surface area contributed by atoms with Crippen LogP contribution in [-0.4, -0.2) is 16.0 Å². The van der Waals surface area contributed by atoms with Gasteiger partial charge < -0.3 is 10.6 Å². The van der Waals surface area contributed by atoms with Crippen molar-refractivity contribution in [2.24, 2.45) is 0 Å². The number of halogens is 1. The molecule has 126 valence electrons. The van der Waals surface area contributed by atoms with E-state index in [1.807, 2.05) is 47.8 Å². The summed E-state index contributed by atoms with van der Waals surface area (Å²) in [4.78, 5) is 16.5. The van der Waals surface area contributed by atoms with Gasteiger partial charge in [-0.3, -0.25) is 4.79 Å². The molecule has 1 heterocycles. The molecule has 0 atom stereocenters. The molecule has 25 heavy (non-hydrogen) atoms. The number of carbonyl (C=O) groups is 1. The van der Waals surface area contributed by atoms with Crippen LogP contribution in [0.4, 0.5) is 5.13 Å². The summed E-state index contributed by atoms with van der Waals surface area (Å²) in [6, 6.07) is 17.0. The standard InChI is InChI=1S/C18H14ClN3OS2/c19-14-8-6-12(7-9-14)10-16(23)21-17(24)22-18-20-15(11-25-18)13-4-2-1-3-5-13/h1-9,11H,10H2,(H2,20,21,22,23,24). The Balaban J connectivity index is 1.55. The summed E-state index contributed by atoms with van der Waals surface area (Å²) in [5.74, 6) is -0.195. The lowest BCUT2D eigenvalue weighted by Crippen LogP contribution is -2.35. The number of anilines is 1. The lowest BCUT2D eigenvalue weighted by molar-refractivity contribution is -0.119. The zero-order valence-electron chi connectivity index (χ0n) is 13.0. The van der Waals surface area contributed by atoms with E-state index in [2.05, 4.69) is 15.6 Å². The molecule has 7 heteroatoms. The maximum atomic E-state index is 12.0. The first-order valence-corrected chi connectivity index (χ1v) is 9.13. The number of aromatic nitrogens is 1. The topological polar surface area (TPSA) is 54.0 Å². The summed E-state index contributed by atoms with van der Waals surface area (Å²) in [6.07, 6.45) is 0.228. The lowest BCUT2D eigenvalue weighted by atomic mass is 10.1. The van der Waals surface area contributed by atoms with Gasteiger partial charge in [-0.25, -0.2) is 4.98 Å². The van der Waals surface area contributed by atoms with Gasteiger partial charge in [0, 0.05) is 16.0 Å². The highest BCUT2D eigenvalue weighted by molar-refractivity contribution is 7.80. The summed E-state index contributed by atoms with van der Waals surface area (Å²) in [7, 11) is 0. The lowest BCUT2D eigenvalue weighted by Gasteiger charge is -2.07. The maximum absolute atomic E-state index is 12.0. The molecular weight excluding hydrogens is 374 g/mol. The number of nitrogens with one attached hydrogen (secondary N) is 2. The molecule has 0 spiro atoms. The second-order valence-electron chi connectivity index (χ2n) is 5.21. The van der Waals surface area contributed by atoms with Gasteiger partial charge in [0.15, 0.2) is 10.2 Å². The summed E-state index contributed by atoms with van der Waals surface area (Å²) in [5.41, 5.74) is 2.76. The predicted molar refractivity (Wildman–Crippen MR) is 107 cm³/mol. The zero-order valence-corrected chi connectivity index (χ0v) is 15.4. The number of carbonyl (C=O) groups excluding carboxylic acids is 1. The molecule has 0 fully saturated rings. The van der Waals surface area contributed by atoms with E-state index in [9.17, 15) is 4.79 Å². The first kappa shape index (κ1) is 17.5. The van der Waals surface area contributed by atoms with Gasteiger partial charge in [-0.05, 0) is 29.9 Å². The minimum atomic E-state index is -0.195. The fourth-order valence-corrected chi connectivity index (χ4v) is 3.28. The van der Waals surface area contributed by atoms with Crippen LogP contribution in [0.3, 0.4) is 0 Å². The number of thiocarbonyl (C=S) groups is 1. The van der Waals surface area contributed by atoms with Gasteiger partial charge in [0.1, 0.15) is 0 Å². The van der Waals surface area contributed by atoms with E-state index < -0.39 is 0 Å². The number of nitrogens with zero attached hydrogens (tertiary/aromatic N) is 1. The number of hydrogen-bond acceptors (Lipinski definition) is 4. The van der Waals surface area contributed by atoms with E-state index in [-0.39, 0.29) is 17.4 Å². The number of thiazole rings is 1. The second kappa shape index (κ2) is 8.20. The van der Waals surface area contributed by atoms with Crippen LogP contribution in [0.25, 0.3) is 11.3 Å². The number of amides is 1. The zero-order chi connectivity index (χ0) is 17.6. The van der Waals surface area contributed by atoms with Gasteiger partial charge in [-0.2, -0.15) is 0 Å². The first-order valence-electron chi connectivity index (χ1n) is 7.46. The van der Waals surface area contributed by atoms with Crippen molar-refractivity contribution in [3.63, 3.8) is 0 Å². The van der Waals surface area contributed by atoms with Crippen molar-refractivity contribution >= 4 is 51.3 Å². The second-order valence-corrected chi connectivity index (χ2v) is 6.91. The van der Waals surface area contributed by atoms with Crippen molar-refractivity contribution < 1.29 is 4.79 Å². The van der Waals surface area contributed by atoms with E-state index in [4.69, 9.17) is 23.8 Å². The minimum absolute atomic E-state index is 0.195. The van der Waals surface area contributed by atoms with Gasteiger partial charge in [0.25, 0.3) is 0 Å². The van der Waals surface area contributed by atoms with Crippen LogP contribution >= 0.6 is 35.2 Å². The fraction of sp³-hybridized carbons (Fsp3) is 0.0556. The molecule has 1 amide bonds. The largest absolute Gasteiger partial charge is 0.308 e. The molecule has 0 aliphatic heterocycles. The Morgan fingerprint density at radius 3 is 2.56 bits per heavy atom. The van der Waals surface area contributed by atoms with Gasteiger partial charge >= 0.3 is 0 Å². The van der Waals surface area contributed by atoms with Crippen molar-refractivity contribution in [2.45, 2.75) is 6.42 Å². The normalized spacial score (nSPS) is 10.3. The molecule has 0 aliphatic carbocycles. The molecule has 4 nitrogen and oxygen atoms in total. The molecule has 2 N–H and O–H groups in total. The van der Waals surface area contributed by atoms with Crippen LogP contribution in [0.15, 0.2) is 60.0 Å². The van der Waals surface area contributed by atoms with Crippen molar-refractivity contribution in [3.05, 3.63) is 70.6 Å². The first-order chi connectivity index (χ1) is 12.1. The fourth-order valence-electron chi connectivity index (χ4n) is 2.16. The summed E-state index contributed by atoms with van der Waals surface area (Å²) in [6.45, 7) is 0. The maximum Gasteiger partial charge on any atom is 0.230 e. The van der Waals surface area contributed by atoms with Crippen molar-refractivity contribution in [3.8, 4) is 11.3 Å². The Morgan fingerprint density at radius 2 is 1.84 bits per heavy atom. The SMILES string of the molecule is O=C(Cc1ccc(Cl)cc1)NC(=S)Nc1nc(-c2ccccc2)cs1. The molecule has 1 aromatic heterocycles.